The number of rotatable bonds is 7. The molecule has 204 valence electrons. The summed E-state index contributed by atoms with van der Waals surface area (Å²) < 4.78 is 44.1. The molecule has 0 aromatic heterocycles. The number of amides is 2. The number of hydrogen-bond acceptors (Lipinski definition) is 5. The maximum absolute atomic E-state index is 13.2. The highest BCUT2D eigenvalue weighted by molar-refractivity contribution is 6.06. The monoisotopic (exact) mass is 538 g/mol. The molecular formula is C29H29F3N4O3. The molecule has 2 amide bonds. The SMILES string of the molecule is COc1ccccc1N1CCN(c2ccc(NC(=O)c3ccc(C(F)(F)F)cc3)cc2C(=O)NC2CC2)CC1. The fourth-order valence-electron chi connectivity index (χ4n) is 4.66. The van der Waals surface area contributed by atoms with Crippen molar-refractivity contribution in [1.29, 1.82) is 0 Å². The lowest BCUT2D eigenvalue weighted by atomic mass is 10.1. The van der Waals surface area contributed by atoms with Crippen LogP contribution in [0.1, 0.15) is 39.1 Å². The summed E-state index contributed by atoms with van der Waals surface area (Å²) in [5.74, 6) is 0.0318. The van der Waals surface area contributed by atoms with Gasteiger partial charge in [-0.1, -0.05) is 12.1 Å². The Kier molecular flexibility index (Phi) is 7.36. The molecule has 2 N–H and O–H groups in total. The topological polar surface area (TPSA) is 73.9 Å². The zero-order valence-corrected chi connectivity index (χ0v) is 21.4. The van der Waals surface area contributed by atoms with Crippen molar-refractivity contribution in [2.75, 3.05) is 48.4 Å². The van der Waals surface area contributed by atoms with E-state index in [-0.39, 0.29) is 17.5 Å². The van der Waals surface area contributed by atoms with E-state index < -0.39 is 17.6 Å². The molecule has 2 aliphatic rings. The number of halogens is 3. The highest BCUT2D eigenvalue weighted by atomic mass is 19.4. The van der Waals surface area contributed by atoms with Crippen LogP contribution in [0.5, 0.6) is 5.75 Å². The Labute approximate surface area is 224 Å². The largest absolute Gasteiger partial charge is 0.495 e. The average Bonchev–Trinajstić information content (AvgIpc) is 3.76. The molecule has 10 heteroatoms. The Bertz CT molecular complexity index is 1350. The lowest BCUT2D eigenvalue weighted by Gasteiger charge is -2.38. The molecule has 3 aromatic rings. The predicted molar refractivity (Wildman–Crippen MR) is 144 cm³/mol. The summed E-state index contributed by atoms with van der Waals surface area (Å²) in [4.78, 5) is 30.3. The number of hydrogen-bond donors (Lipinski definition) is 2. The molecule has 0 spiro atoms. The van der Waals surface area contributed by atoms with Gasteiger partial charge in [0.05, 0.1) is 23.9 Å². The Hall–Kier alpha value is -4.21. The van der Waals surface area contributed by atoms with Crippen molar-refractivity contribution in [3.8, 4) is 5.75 Å². The van der Waals surface area contributed by atoms with Gasteiger partial charge < -0.3 is 25.2 Å². The second kappa shape index (κ2) is 10.9. The van der Waals surface area contributed by atoms with Crippen LogP contribution in [0.2, 0.25) is 0 Å². The first kappa shape index (κ1) is 26.4. The predicted octanol–water partition coefficient (Wildman–Crippen LogP) is 5.19. The molecule has 0 atom stereocenters. The number of piperazine rings is 1. The van der Waals surface area contributed by atoms with Gasteiger partial charge in [-0.05, 0) is 67.4 Å². The van der Waals surface area contributed by atoms with E-state index in [0.29, 0.717) is 24.3 Å². The smallest absolute Gasteiger partial charge is 0.416 e. The molecule has 0 bridgehead atoms. The lowest BCUT2D eigenvalue weighted by Crippen LogP contribution is -2.47. The summed E-state index contributed by atoms with van der Waals surface area (Å²) in [7, 11) is 1.65. The number of anilines is 3. The van der Waals surface area contributed by atoms with E-state index >= 15 is 0 Å². The van der Waals surface area contributed by atoms with E-state index in [2.05, 4.69) is 20.4 Å². The minimum Gasteiger partial charge on any atom is -0.495 e. The van der Waals surface area contributed by atoms with Crippen molar-refractivity contribution in [3.63, 3.8) is 0 Å². The summed E-state index contributed by atoms with van der Waals surface area (Å²) in [6.45, 7) is 2.82. The van der Waals surface area contributed by atoms with Crippen molar-refractivity contribution in [3.05, 3.63) is 83.4 Å². The summed E-state index contributed by atoms with van der Waals surface area (Å²) in [6.07, 6.45) is -2.61. The second-order valence-corrected chi connectivity index (χ2v) is 9.65. The number of methoxy groups -OCH3 is 1. The molecule has 0 unspecified atom stereocenters. The van der Waals surface area contributed by atoms with Crippen LogP contribution in [0.25, 0.3) is 0 Å². The summed E-state index contributed by atoms with van der Waals surface area (Å²) >= 11 is 0. The van der Waals surface area contributed by atoms with Crippen LogP contribution in [0.4, 0.5) is 30.2 Å². The van der Waals surface area contributed by atoms with Gasteiger partial charge in [0.15, 0.2) is 0 Å². The Balaban J connectivity index is 1.33. The molecule has 1 aliphatic carbocycles. The van der Waals surface area contributed by atoms with Crippen LogP contribution >= 0.6 is 0 Å². The van der Waals surface area contributed by atoms with Gasteiger partial charge in [0.25, 0.3) is 11.8 Å². The molecule has 7 nitrogen and oxygen atoms in total. The Morgan fingerprint density at radius 2 is 1.49 bits per heavy atom. The molecule has 1 heterocycles. The van der Waals surface area contributed by atoms with Gasteiger partial charge in [-0.2, -0.15) is 13.2 Å². The van der Waals surface area contributed by atoms with Crippen molar-refractivity contribution < 1.29 is 27.5 Å². The van der Waals surface area contributed by atoms with Crippen molar-refractivity contribution in [2.45, 2.75) is 25.1 Å². The van der Waals surface area contributed by atoms with Gasteiger partial charge in [0.2, 0.25) is 0 Å². The van der Waals surface area contributed by atoms with Crippen molar-refractivity contribution in [1.82, 2.24) is 5.32 Å². The van der Waals surface area contributed by atoms with Crippen LogP contribution in [0.15, 0.2) is 66.7 Å². The minimum absolute atomic E-state index is 0.0866. The number of ether oxygens (including phenoxy) is 1. The Morgan fingerprint density at radius 1 is 0.846 bits per heavy atom. The first-order chi connectivity index (χ1) is 18.7. The fraction of sp³-hybridized carbons (Fsp3) is 0.310. The van der Waals surface area contributed by atoms with E-state index in [0.717, 1.165) is 67.3 Å². The normalized spacial score (nSPS) is 15.6. The molecule has 0 radical (unpaired) electrons. The number of para-hydroxylation sites is 2. The van der Waals surface area contributed by atoms with Crippen LogP contribution in [0, 0.1) is 0 Å². The van der Waals surface area contributed by atoms with Crippen LogP contribution in [-0.4, -0.2) is 51.1 Å². The van der Waals surface area contributed by atoms with E-state index in [1.54, 1.807) is 19.2 Å². The van der Waals surface area contributed by atoms with Crippen LogP contribution in [0.3, 0.4) is 0 Å². The van der Waals surface area contributed by atoms with Crippen LogP contribution in [-0.2, 0) is 6.18 Å². The zero-order valence-electron chi connectivity index (χ0n) is 21.4. The molecule has 3 aromatic carbocycles. The van der Waals surface area contributed by atoms with Crippen molar-refractivity contribution in [2.24, 2.45) is 0 Å². The minimum atomic E-state index is -4.48. The Morgan fingerprint density at radius 3 is 2.10 bits per heavy atom. The second-order valence-electron chi connectivity index (χ2n) is 9.65. The third-order valence-corrected chi connectivity index (χ3v) is 6.93. The quantitative estimate of drug-likeness (QED) is 0.434. The van der Waals surface area contributed by atoms with Gasteiger partial charge in [0.1, 0.15) is 5.75 Å². The maximum Gasteiger partial charge on any atom is 0.416 e. The highest BCUT2D eigenvalue weighted by Gasteiger charge is 2.30. The number of nitrogens with zero attached hydrogens (tertiary/aromatic N) is 2. The average molecular weight is 539 g/mol. The number of alkyl halides is 3. The number of carbonyl (C=O) groups is 2. The van der Waals surface area contributed by atoms with Gasteiger partial charge in [-0.25, -0.2) is 0 Å². The number of nitrogens with one attached hydrogen (secondary N) is 2. The van der Waals surface area contributed by atoms with Gasteiger partial charge in [-0.3, -0.25) is 9.59 Å². The van der Waals surface area contributed by atoms with Crippen LogP contribution < -0.4 is 25.2 Å². The van der Waals surface area contributed by atoms with E-state index in [1.807, 2.05) is 30.3 Å². The third kappa shape index (κ3) is 6.10. The van der Waals surface area contributed by atoms with Crippen molar-refractivity contribution >= 4 is 28.9 Å². The van der Waals surface area contributed by atoms with Gasteiger partial charge in [-0.15, -0.1) is 0 Å². The van der Waals surface area contributed by atoms with Gasteiger partial charge in [0, 0.05) is 49.2 Å². The maximum atomic E-state index is 13.2. The molecule has 5 rings (SSSR count). The van der Waals surface area contributed by atoms with E-state index in [9.17, 15) is 22.8 Å². The molecule has 1 saturated carbocycles. The summed E-state index contributed by atoms with van der Waals surface area (Å²) in [6, 6.07) is 17.2. The van der Waals surface area contributed by atoms with Gasteiger partial charge >= 0.3 is 6.18 Å². The van der Waals surface area contributed by atoms with E-state index in [1.165, 1.54) is 0 Å². The molecule has 1 saturated heterocycles. The third-order valence-electron chi connectivity index (χ3n) is 6.93. The summed E-state index contributed by atoms with van der Waals surface area (Å²) in [5, 5.41) is 5.73. The van der Waals surface area contributed by atoms with E-state index in [4.69, 9.17) is 4.74 Å². The fourth-order valence-corrected chi connectivity index (χ4v) is 4.66. The number of benzene rings is 3. The standard InChI is InChI=1S/C29H29F3N4O3/c1-39-26-5-3-2-4-25(26)36-16-14-35(15-17-36)24-13-12-22(18-23(24)28(38)33-21-10-11-21)34-27(37)19-6-8-20(9-7-19)29(30,31)32/h2-9,12-13,18,21H,10-11,14-17H2,1H3,(H,33,38)(H,34,37). The molecule has 39 heavy (non-hydrogen) atoms. The first-order valence-electron chi connectivity index (χ1n) is 12.8. The lowest BCUT2D eigenvalue weighted by molar-refractivity contribution is -0.137. The summed E-state index contributed by atoms with van der Waals surface area (Å²) in [5.41, 5.74) is 1.87. The number of carbonyl (C=O) groups excluding carboxylic acids is 2. The molecular weight excluding hydrogens is 509 g/mol. The first-order valence-corrected chi connectivity index (χ1v) is 12.8. The zero-order chi connectivity index (χ0) is 27.6. The molecule has 1 aliphatic heterocycles. The molecule has 2 fully saturated rings. The highest BCUT2D eigenvalue weighted by Crippen LogP contribution is 2.32.